The molecule has 0 N–H and O–H groups in total. The number of carbonyl (C=O) groups is 1. The first kappa shape index (κ1) is 11.2. The van der Waals surface area contributed by atoms with Gasteiger partial charge in [0.25, 0.3) is 0 Å². The Kier molecular flexibility index (Phi) is 3.32. The van der Waals surface area contributed by atoms with E-state index in [1.165, 1.54) is 0 Å². The standard InChI is InChI=1S/C11H13BrO2/c1-6-5-9(8(3)13)7(2)10(12)11(6)14-4/h5H,1-4H3. The SMILES string of the molecule is COc1c(C)cc(C(C)=O)c(C)c1Br. The lowest BCUT2D eigenvalue weighted by atomic mass is 10.0. The summed E-state index contributed by atoms with van der Waals surface area (Å²) in [5, 5.41) is 0. The zero-order valence-electron chi connectivity index (χ0n) is 8.77. The van der Waals surface area contributed by atoms with Gasteiger partial charge in [-0.25, -0.2) is 0 Å². The molecule has 0 bridgehead atoms. The van der Waals surface area contributed by atoms with Crippen molar-refractivity contribution in [3.63, 3.8) is 0 Å². The molecule has 0 spiro atoms. The highest BCUT2D eigenvalue weighted by Gasteiger charge is 2.13. The van der Waals surface area contributed by atoms with Gasteiger partial charge in [-0.05, 0) is 53.9 Å². The molecule has 0 heterocycles. The van der Waals surface area contributed by atoms with Crippen LogP contribution in [-0.4, -0.2) is 12.9 Å². The molecule has 0 atom stereocenters. The van der Waals surface area contributed by atoms with Crippen LogP contribution in [0, 0.1) is 13.8 Å². The van der Waals surface area contributed by atoms with E-state index in [0.29, 0.717) is 0 Å². The quantitative estimate of drug-likeness (QED) is 0.760. The fraction of sp³-hybridized carbons (Fsp3) is 0.364. The average molecular weight is 257 g/mol. The Morgan fingerprint density at radius 1 is 1.43 bits per heavy atom. The van der Waals surface area contributed by atoms with Gasteiger partial charge in [-0.15, -0.1) is 0 Å². The van der Waals surface area contributed by atoms with Crippen molar-refractivity contribution in [1.82, 2.24) is 0 Å². The molecule has 0 radical (unpaired) electrons. The van der Waals surface area contributed by atoms with Crippen LogP contribution >= 0.6 is 15.9 Å². The number of ether oxygens (including phenoxy) is 1. The van der Waals surface area contributed by atoms with Crippen molar-refractivity contribution in [2.24, 2.45) is 0 Å². The van der Waals surface area contributed by atoms with Gasteiger partial charge in [0.2, 0.25) is 0 Å². The van der Waals surface area contributed by atoms with Gasteiger partial charge >= 0.3 is 0 Å². The number of halogens is 1. The molecule has 76 valence electrons. The highest BCUT2D eigenvalue weighted by Crippen LogP contribution is 2.34. The zero-order chi connectivity index (χ0) is 10.9. The summed E-state index contributed by atoms with van der Waals surface area (Å²) in [7, 11) is 1.62. The van der Waals surface area contributed by atoms with Crippen molar-refractivity contribution in [3.8, 4) is 5.75 Å². The molecular formula is C11H13BrO2. The van der Waals surface area contributed by atoms with E-state index in [1.807, 2.05) is 19.9 Å². The van der Waals surface area contributed by atoms with E-state index in [0.717, 1.165) is 26.9 Å². The van der Waals surface area contributed by atoms with Crippen LogP contribution in [0.3, 0.4) is 0 Å². The van der Waals surface area contributed by atoms with Crippen molar-refractivity contribution in [1.29, 1.82) is 0 Å². The summed E-state index contributed by atoms with van der Waals surface area (Å²) in [6.45, 7) is 5.40. The molecule has 0 unspecified atom stereocenters. The summed E-state index contributed by atoms with van der Waals surface area (Å²) in [4.78, 5) is 11.3. The van der Waals surface area contributed by atoms with Crippen molar-refractivity contribution < 1.29 is 9.53 Å². The van der Waals surface area contributed by atoms with Gasteiger partial charge in [-0.1, -0.05) is 0 Å². The molecule has 0 aromatic heterocycles. The Labute approximate surface area is 92.4 Å². The number of Topliss-reactive ketones (excluding diaryl/α,β-unsaturated/α-hetero) is 1. The number of carbonyl (C=O) groups excluding carboxylic acids is 1. The van der Waals surface area contributed by atoms with Crippen LogP contribution in [0.15, 0.2) is 10.5 Å². The second-order valence-corrected chi connectivity index (χ2v) is 4.06. The number of ketones is 1. The number of aryl methyl sites for hydroxylation is 1. The molecule has 1 rings (SSSR count). The van der Waals surface area contributed by atoms with E-state index in [2.05, 4.69) is 15.9 Å². The summed E-state index contributed by atoms with van der Waals surface area (Å²) >= 11 is 3.43. The lowest BCUT2D eigenvalue weighted by Crippen LogP contribution is -2.00. The Balaban J connectivity index is 3.47. The van der Waals surface area contributed by atoms with Gasteiger partial charge in [0, 0.05) is 5.56 Å². The second kappa shape index (κ2) is 4.13. The normalized spacial score (nSPS) is 10.1. The first-order valence-electron chi connectivity index (χ1n) is 4.33. The minimum Gasteiger partial charge on any atom is -0.495 e. The maximum absolute atomic E-state index is 11.3. The number of hydrogen-bond donors (Lipinski definition) is 0. The molecule has 0 fully saturated rings. The summed E-state index contributed by atoms with van der Waals surface area (Å²) in [6, 6.07) is 1.86. The molecular weight excluding hydrogens is 244 g/mol. The van der Waals surface area contributed by atoms with Crippen LogP contribution in [-0.2, 0) is 0 Å². The van der Waals surface area contributed by atoms with Gasteiger partial charge < -0.3 is 4.74 Å². The van der Waals surface area contributed by atoms with Crippen LogP contribution in [0.5, 0.6) is 5.75 Å². The maximum Gasteiger partial charge on any atom is 0.160 e. The van der Waals surface area contributed by atoms with Gasteiger partial charge in [0.15, 0.2) is 5.78 Å². The second-order valence-electron chi connectivity index (χ2n) is 3.27. The minimum atomic E-state index is 0.0777. The monoisotopic (exact) mass is 256 g/mol. The third kappa shape index (κ3) is 1.82. The van der Waals surface area contributed by atoms with E-state index >= 15 is 0 Å². The van der Waals surface area contributed by atoms with Crippen LogP contribution in [0.4, 0.5) is 0 Å². The van der Waals surface area contributed by atoms with E-state index in [4.69, 9.17) is 4.74 Å². The Morgan fingerprint density at radius 2 is 2.00 bits per heavy atom. The van der Waals surface area contributed by atoms with Crippen molar-refractivity contribution in [2.75, 3.05) is 7.11 Å². The van der Waals surface area contributed by atoms with E-state index in [1.54, 1.807) is 14.0 Å². The minimum absolute atomic E-state index is 0.0777. The van der Waals surface area contributed by atoms with E-state index < -0.39 is 0 Å². The summed E-state index contributed by atoms with van der Waals surface area (Å²) in [5.74, 6) is 0.876. The molecule has 14 heavy (non-hydrogen) atoms. The predicted octanol–water partition coefficient (Wildman–Crippen LogP) is 3.28. The molecule has 1 aromatic rings. The van der Waals surface area contributed by atoms with E-state index in [-0.39, 0.29) is 5.78 Å². The molecule has 2 nitrogen and oxygen atoms in total. The largest absolute Gasteiger partial charge is 0.495 e. The Morgan fingerprint density at radius 3 is 2.43 bits per heavy atom. The fourth-order valence-electron chi connectivity index (χ4n) is 1.47. The third-order valence-corrected chi connectivity index (χ3v) is 3.19. The fourth-order valence-corrected chi connectivity index (χ4v) is 2.16. The molecule has 0 amide bonds. The van der Waals surface area contributed by atoms with E-state index in [9.17, 15) is 4.79 Å². The van der Waals surface area contributed by atoms with Gasteiger partial charge in [-0.2, -0.15) is 0 Å². The first-order valence-corrected chi connectivity index (χ1v) is 5.13. The van der Waals surface area contributed by atoms with Crippen LogP contribution in [0.1, 0.15) is 28.4 Å². The van der Waals surface area contributed by atoms with Gasteiger partial charge in [0.1, 0.15) is 5.75 Å². The van der Waals surface area contributed by atoms with Crippen LogP contribution in [0.25, 0.3) is 0 Å². The predicted molar refractivity (Wildman–Crippen MR) is 60.2 cm³/mol. The lowest BCUT2D eigenvalue weighted by Gasteiger charge is -2.12. The van der Waals surface area contributed by atoms with Crippen molar-refractivity contribution in [2.45, 2.75) is 20.8 Å². The zero-order valence-corrected chi connectivity index (χ0v) is 10.4. The van der Waals surface area contributed by atoms with Crippen molar-refractivity contribution >= 4 is 21.7 Å². The van der Waals surface area contributed by atoms with Crippen LogP contribution in [0.2, 0.25) is 0 Å². The summed E-state index contributed by atoms with van der Waals surface area (Å²) in [6.07, 6.45) is 0. The smallest absolute Gasteiger partial charge is 0.160 e. The molecule has 0 aliphatic rings. The number of rotatable bonds is 2. The molecule has 0 aliphatic heterocycles. The Hall–Kier alpha value is -0.830. The molecule has 0 saturated heterocycles. The average Bonchev–Trinajstić information content (AvgIpc) is 2.12. The molecule has 0 saturated carbocycles. The summed E-state index contributed by atoms with van der Waals surface area (Å²) < 4.78 is 6.10. The Bertz CT molecular complexity index is 383. The molecule has 3 heteroatoms. The molecule has 0 aliphatic carbocycles. The first-order chi connectivity index (χ1) is 6.49. The summed E-state index contributed by atoms with van der Waals surface area (Å²) in [5.41, 5.74) is 2.64. The topological polar surface area (TPSA) is 26.3 Å². The van der Waals surface area contributed by atoms with Gasteiger partial charge in [-0.3, -0.25) is 4.79 Å². The maximum atomic E-state index is 11.3. The van der Waals surface area contributed by atoms with Crippen LogP contribution < -0.4 is 4.74 Å². The number of hydrogen-bond acceptors (Lipinski definition) is 2. The number of methoxy groups -OCH3 is 1. The number of benzene rings is 1. The van der Waals surface area contributed by atoms with Gasteiger partial charge in [0.05, 0.1) is 11.6 Å². The van der Waals surface area contributed by atoms with Crippen molar-refractivity contribution in [3.05, 3.63) is 27.2 Å². The lowest BCUT2D eigenvalue weighted by molar-refractivity contribution is 0.101. The highest BCUT2D eigenvalue weighted by molar-refractivity contribution is 9.10. The highest BCUT2D eigenvalue weighted by atomic mass is 79.9. The third-order valence-electron chi connectivity index (χ3n) is 2.24. The molecule has 1 aromatic carbocycles.